The molecule has 0 bridgehead atoms. The molecule has 0 aromatic rings. The predicted molar refractivity (Wildman–Crippen MR) is 44.6 cm³/mol. The van der Waals surface area contributed by atoms with E-state index in [1.807, 2.05) is 0 Å². The second kappa shape index (κ2) is 4.11. The molecule has 3 nitrogen and oxygen atoms in total. The zero-order valence-corrected chi connectivity index (χ0v) is 6.84. The van der Waals surface area contributed by atoms with E-state index in [0.29, 0.717) is 0 Å². The van der Waals surface area contributed by atoms with Gasteiger partial charge in [0.15, 0.2) is 0 Å². The third kappa shape index (κ3) is 2.33. The van der Waals surface area contributed by atoms with Gasteiger partial charge in [0.1, 0.15) is 12.3 Å². The molecule has 0 saturated carbocycles. The second-order valence-corrected chi connectivity index (χ2v) is 2.86. The zero-order valence-electron chi connectivity index (χ0n) is 6.84. The molecule has 3 heteroatoms. The normalized spacial score (nSPS) is 22.6. The molecule has 0 radical (unpaired) electrons. The van der Waals surface area contributed by atoms with Gasteiger partial charge in [-0.15, -0.1) is 0 Å². The van der Waals surface area contributed by atoms with E-state index in [2.05, 4.69) is 17.5 Å². The fourth-order valence-corrected chi connectivity index (χ4v) is 1.14. The molecule has 1 aliphatic rings. The lowest BCUT2D eigenvalue weighted by Gasteiger charge is -1.97. The fraction of sp³-hybridized carbons (Fsp3) is 0.750. The summed E-state index contributed by atoms with van der Waals surface area (Å²) in [5.41, 5.74) is 3.93. The second-order valence-electron chi connectivity index (χ2n) is 2.86. The Labute approximate surface area is 66.9 Å². The molecule has 0 fully saturated rings. The molecule has 0 spiro atoms. The van der Waals surface area contributed by atoms with Crippen LogP contribution in [0.1, 0.15) is 32.6 Å². The Morgan fingerprint density at radius 3 is 3.18 bits per heavy atom. The van der Waals surface area contributed by atoms with Gasteiger partial charge in [0.2, 0.25) is 0 Å². The van der Waals surface area contributed by atoms with Crippen molar-refractivity contribution in [3.8, 4) is 0 Å². The van der Waals surface area contributed by atoms with Gasteiger partial charge in [0.25, 0.3) is 0 Å². The van der Waals surface area contributed by atoms with Crippen LogP contribution in [0.2, 0.25) is 0 Å². The summed E-state index contributed by atoms with van der Waals surface area (Å²) in [6.45, 7) is 2.15. The molecule has 1 rings (SSSR count). The van der Waals surface area contributed by atoms with E-state index in [1.54, 1.807) is 0 Å². The number of nitrogens with one attached hydrogen (secondary N) is 1. The summed E-state index contributed by atoms with van der Waals surface area (Å²) < 4.78 is 0. The summed E-state index contributed by atoms with van der Waals surface area (Å²) in [7, 11) is 0. The topological polar surface area (TPSA) is 41.5 Å². The molecule has 11 heavy (non-hydrogen) atoms. The average molecular weight is 154 g/mol. The molecule has 0 aromatic heterocycles. The Bertz CT molecular complexity index is 165. The van der Waals surface area contributed by atoms with Gasteiger partial charge >= 0.3 is 0 Å². The minimum atomic E-state index is -0.0538. The largest absolute Gasteiger partial charge is 0.301 e. The molecule has 62 valence electrons. The van der Waals surface area contributed by atoms with Crippen molar-refractivity contribution in [1.29, 1.82) is 0 Å². The van der Waals surface area contributed by atoms with Gasteiger partial charge in [0.05, 0.1) is 0 Å². The van der Waals surface area contributed by atoms with Crippen LogP contribution in [0.5, 0.6) is 0 Å². The van der Waals surface area contributed by atoms with Crippen LogP contribution in [-0.2, 0) is 4.79 Å². The molecular weight excluding hydrogens is 140 g/mol. The summed E-state index contributed by atoms with van der Waals surface area (Å²) >= 11 is 0. The van der Waals surface area contributed by atoms with Crippen LogP contribution in [0.15, 0.2) is 5.10 Å². The first kappa shape index (κ1) is 8.24. The van der Waals surface area contributed by atoms with Crippen molar-refractivity contribution in [2.75, 3.05) is 0 Å². The fourth-order valence-electron chi connectivity index (χ4n) is 1.14. The number of hydrazone groups is 1. The van der Waals surface area contributed by atoms with Crippen molar-refractivity contribution < 1.29 is 4.79 Å². The van der Waals surface area contributed by atoms with Crippen molar-refractivity contribution in [3.63, 3.8) is 0 Å². The van der Waals surface area contributed by atoms with Gasteiger partial charge in [-0.05, 0) is 12.8 Å². The highest BCUT2D eigenvalue weighted by molar-refractivity contribution is 5.89. The molecule has 1 N–H and O–H groups in total. The summed E-state index contributed by atoms with van der Waals surface area (Å²) in [6, 6.07) is -0.0538. The lowest BCUT2D eigenvalue weighted by atomic mass is 10.1. The Balaban J connectivity index is 2.22. The van der Waals surface area contributed by atoms with Crippen LogP contribution in [0, 0.1) is 0 Å². The predicted octanol–water partition coefficient (Wildman–Crippen LogP) is 1.09. The van der Waals surface area contributed by atoms with Crippen LogP contribution < -0.4 is 5.43 Å². The Hall–Kier alpha value is -0.860. The van der Waals surface area contributed by atoms with Gasteiger partial charge < -0.3 is 4.79 Å². The smallest absolute Gasteiger partial charge is 0.144 e. The maximum atomic E-state index is 10.3. The van der Waals surface area contributed by atoms with E-state index in [4.69, 9.17) is 0 Å². The van der Waals surface area contributed by atoms with Gasteiger partial charge in [-0.3, -0.25) is 5.43 Å². The van der Waals surface area contributed by atoms with Gasteiger partial charge in [0, 0.05) is 12.1 Å². The molecule has 1 unspecified atom stereocenters. The number of hydrogen-bond donors (Lipinski definition) is 1. The molecule has 0 amide bonds. The van der Waals surface area contributed by atoms with Gasteiger partial charge in [-0.2, -0.15) is 5.10 Å². The first-order valence-electron chi connectivity index (χ1n) is 4.13. The first-order chi connectivity index (χ1) is 5.36. The van der Waals surface area contributed by atoms with E-state index in [0.717, 1.165) is 24.8 Å². The lowest BCUT2D eigenvalue weighted by Crippen LogP contribution is -2.20. The van der Waals surface area contributed by atoms with Crippen molar-refractivity contribution in [1.82, 2.24) is 5.43 Å². The zero-order chi connectivity index (χ0) is 8.10. The lowest BCUT2D eigenvalue weighted by molar-refractivity contribution is -0.109. The van der Waals surface area contributed by atoms with E-state index >= 15 is 0 Å². The Kier molecular flexibility index (Phi) is 3.08. The van der Waals surface area contributed by atoms with Crippen LogP contribution in [-0.4, -0.2) is 18.0 Å². The summed E-state index contributed by atoms with van der Waals surface area (Å²) in [6.07, 6.45) is 5.12. The van der Waals surface area contributed by atoms with Crippen LogP contribution in [0.3, 0.4) is 0 Å². The molecule has 1 aliphatic heterocycles. The van der Waals surface area contributed by atoms with Gasteiger partial charge in [-0.25, -0.2) is 0 Å². The number of carbonyl (C=O) groups is 1. The highest BCUT2D eigenvalue weighted by atomic mass is 16.1. The standard InChI is InChI=1S/C8H14N2O/c1-2-3-4-7-5-8(6-11)10-9-7/h6,8,10H,2-5H2,1H3. The summed E-state index contributed by atoms with van der Waals surface area (Å²) in [5.74, 6) is 0. The maximum absolute atomic E-state index is 10.3. The molecular formula is C8H14N2O. The summed E-state index contributed by atoms with van der Waals surface area (Å²) in [5, 5.41) is 4.06. The van der Waals surface area contributed by atoms with Gasteiger partial charge in [-0.1, -0.05) is 13.3 Å². The minimum Gasteiger partial charge on any atom is -0.301 e. The van der Waals surface area contributed by atoms with E-state index in [1.165, 1.54) is 12.8 Å². The average Bonchev–Trinajstić information content (AvgIpc) is 2.48. The third-order valence-electron chi connectivity index (χ3n) is 1.83. The maximum Gasteiger partial charge on any atom is 0.144 e. The first-order valence-corrected chi connectivity index (χ1v) is 4.13. The van der Waals surface area contributed by atoms with E-state index in [-0.39, 0.29) is 6.04 Å². The van der Waals surface area contributed by atoms with Crippen molar-refractivity contribution in [2.24, 2.45) is 5.10 Å². The van der Waals surface area contributed by atoms with E-state index < -0.39 is 0 Å². The number of nitrogens with zero attached hydrogens (tertiary/aromatic N) is 1. The van der Waals surface area contributed by atoms with Crippen LogP contribution in [0.25, 0.3) is 0 Å². The van der Waals surface area contributed by atoms with E-state index in [9.17, 15) is 4.79 Å². The number of rotatable bonds is 4. The molecule has 0 aromatic carbocycles. The molecule has 0 saturated heterocycles. The number of hydrogen-bond acceptors (Lipinski definition) is 3. The van der Waals surface area contributed by atoms with Crippen LogP contribution in [0.4, 0.5) is 0 Å². The highest BCUT2D eigenvalue weighted by Crippen LogP contribution is 2.07. The van der Waals surface area contributed by atoms with Crippen molar-refractivity contribution >= 4 is 12.0 Å². The molecule has 0 aliphatic carbocycles. The van der Waals surface area contributed by atoms with Crippen molar-refractivity contribution in [3.05, 3.63) is 0 Å². The monoisotopic (exact) mass is 154 g/mol. The minimum absolute atomic E-state index is 0.0538. The number of aldehydes is 1. The SMILES string of the molecule is CCCCC1=NNC(C=O)C1. The third-order valence-corrected chi connectivity index (χ3v) is 1.83. The highest BCUT2D eigenvalue weighted by Gasteiger charge is 2.15. The number of unbranched alkanes of at least 4 members (excludes halogenated alkanes) is 1. The van der Waals surface area contributed by atoms with Crippen LogP contribution >= 0.6 is 0 Å². The Morgan fingerprint density at radius 1 is 1.82 bits per heavy atom. The van der Waals surface area contributed by atoms with Crippen molar-refractivity contribution in [2.45, 2.75) is 38.6 Å². The summed E-state index contributed by atoms with van der Waals surface area (Å²) in [4.78, 5) is 10.3. The quantitative estimate of drug-likeness (QED) is 0.616. The molecule has 1 heterocycles. The number of carbonyl (C=O) groups excluding carboxylic acids is 1. The molecule has 1 atom stereocenters. The Morgan fingerprint density at radius 2 is 2.64 bits per heavy atom.